The Hall–Kier alpha value is -5.88. The molecule has 0 saturated heterocycles. The van der Waals surface area contributed by atoms with Crippen LogP contribution in [0.2, 0.25) is 0 Å². The molecule has 0 aliphatic rings. The van der Waals surface area contributed by atoms with Gasteiger partial charge in [-0.25, -0.2) is 0 Å². The number of nitrogens with zero attached hydrogens (tertiary/aromatic N) is 2. The molecule has 0 N–H and O–H groups in total. The van der Waals surface area contributed by atoms with E-state index in [0.29, 0.717) is 26.4 Å². The van der Waals surface area contributed by atoms with E-state index in [0.717, 1.165) is 70.0 Å². The molecule has 0 amide bonds. The van der Waals surface area contributed by atoms with Gasteiger partial charge in [0.1, 0.15) is 23.0 Å². The molecule has 6 rings (SSSR count). The van der Waals surface area contributed by atoms with Gasteiger partial charge < -0.3 is 28.7 Å². The molecule has 0 saturated carbocycles. The number of benzene rings is 6. The average Bonchev–Trinajstić information content (AvgIpc) is 3.21. The average molecular weight is 721 g/mol. The third-order valence-corrected chi connectivity index (χ3v) is 9.33. The minimum Gasteiger partial charge on any atom is -0.494 e. The van der Waals surface area contributed by atoms with E-state index in [1.165, 1.54) is 22.3 Å². The topological polar surface area (TPSA) is 43.4 Å². The van der Waals surface area contributed by atoms with Crippen molar-refractivity contribution in [2.24, 2.45) is 0 Å². The van der Waals surface area contributed by atoms with Gasteiger partial charge in [-0.3, -0.25) is 0 Å². The fourth-order valence-electron chi connectivity index (χ4n) is 6.92. The van der Waals surface area contributed by atoms with Crippen LogP contribution < -0.4 is 28.7 Å². The maximum absolute atomic E-state index is 6.23. The summed E-state index contributed by atoms with van der Waals surface area (Å²) in [4.78, 5) is 4.60. The first-order valence-electron chi connectivity index (χ1n) is 19.3. The van der Waals surface area contributed by atoms with Crippen LogP contribution in [0.1, 0.15) is 52.7 Å². The molecule has 0 aliphatic heterocycles. The quantitative estimate of drug-likeness (QED) is 0.0935. The van der Waals surface area contributed by atoms with Crippen molar-refractivity contribution >= 4 is 34.1 Å². The Bertz CT molecular complexity index is 1960. The Labute approximate surface area is 321 Å². The third kappa shape index (κ3) is 8.34. The minimum atomic E-state index is 0.549. The van der Waals surface area contributed by atoms with Crippen molar-refractivity contribution in [1.82, 2.24) is 0 Å². The van der Waals surface area contributed by atoms with Gasteiger partial charge >= 0.3 is 0 Å². The number of aryl methyl sites for hydroxylation is 2. The van der Waals surface area contributed by atoms with Crippen LogP contribution in [0.25, 0.3) is 11.1 Å². The van der Waals surface area contributed by atoms with Gasteiger partial charge in [-0.1, -0.05) is 62.4 Å². The van der Waals surface area contributed by atoms with Gasteiger partial charge in [0.25, 0.3) is 0 Å². The molecular weight excluding hydrogens is 669 g/mol. The van der Waals surface area contributed by atoms with E-state index in [1.54, 1.807) is 0 Å². The highest BCUT2D eigenvalue weighted by Gasteiger charge is 2.23. The first-order chi connectivity index (χ1) is 26.5. The molecule has 0 atom stereocenters. The van der Waals surface area contributed by atoms with Gasteiger partial charge in [-0.05, 0) is 136 Å². The Morgan fingerprint density at radius 3 is 1.09 bits per heavy atom. The summed E-state index contributed by atoms with van der Waals surface area (Å²) in [5.41, 5.74) is 11.1. The molecule has 0 radical (unpaired) electrons. The molecule has 0 spiro atoms. The fourth-order valence-corrected chi connectivity index (χ4v) is 6.92. The molecule has 0 aromatic heterocycles. The molecule has 278 valence electrons. The van der Waals surface area contributed by atoms with Gasteiger partial charge in [-0.15, -0.1) is 0 Å². The molecule has 6 nitrogen and oxygen atoms in total. The number of ether oxygens (including phenoxy) is 4. The largest absolute Gasteiger partial charge is 0.494 e. The highest BCUT2D eigenvalue weighted by Crippen LogP contribution is 2.46. The second-order valence-corrected chi connectivity index (χ2v) is 12.7. The monoisotopic (exact) mass is 720 g/mol. The predicted octanol–water partition coefficient (Wildman–Crippen LogP) is 13.0. The van der Waals surface area contributed by atoms with Gasteiger partial charge in [0.05, 0.1) is 37.8 Å². The van der Waals surface area contributed by atoms with Gasteiger partial charge in [0.15, 0.2) is 0 Å². The Kier molecular flexibility index (Phi) is 12.8. The standard InChI is InChI=1S/C48H52N2O4/c1-7-35-31-37(23-27-43(35)49(39-19-15-13-16-20-39)45-29-25-41(51-9-3)33-47(45)53-11-5)38-24-28-44(36(8-2)32-38)50(40-21-17-14-18-22-40)46-30-26-42(52-10-4)34-48(46)54-12-6/h13-34H,7-12H2,1-6H3. The number of anilines is 6. The zero-order valence-electron chi connectivity index (χ0n) is 32.5. The molecular formula is C48H52N2O4. The SMILES string of the molecule is CCOc1ccc(N(c2ccccc2)c2ccc(-c3ccc(N(c4ccccc4)c4ccc(OCC)cc4OCC)c(CC)c3)cc2CC)c(OCC)c1. The summed E-state index contributed by atoms with van der Waals surface area (Å²) in [7, 11) is 0. The molecule has 6 aromatic carbocycles. The lowest BCUT2D eigenvalue weighted by molar-refractivity contribution is 0.323. The minimum absolute atomic E-state index is 0.549. The number of hydrogen-bond acceptors (Lipinski definition) is 6. The lowest BCUT2D eigenvalue weighted by Crippen LogP contribution is -2.14. The van der Waals surface area contributed by atoms with Crippen molar-refractivity contribution in [2.45, 2.75) is 54.4 Å². The van der Waals surface area contributed by atoms with Crippen molar-refractivity contribution in [1.29, 1.82) is 0 Å². The van der Waals surface area contributed by atoms with Gasteiger partial charge in [0, 0.05) is 34.9 Å². The highest BCUT2D eigenvalue weighted by atomic mass is 16.5. The molecule has 0 fully saturated rings. The number of hydrogen-bond donors (Lipinski definition) is 0. The highest BCUT2D eigenvalue weighted by molar-refractivity contribution is 5.86. The van der Waals surface area contributed by atoms with E-state index in [4.69, 9.17) is 18.9 Å². The summed E-state index contributed by atoms with van der Waals surface area (Å²) in [6.07, 6.45) is 1.71. The molecule has 0 aliphatic carbocycles. The summed E-state index contributed by atoms with van der Waals surface area (Å²) < 4.78 is 24.2. The molecule has 6 heteroatoms. The van der Waals surface area contributed by atoms with Crippen molar-refractivity contribution < 1.29 is 18.9 Å². The van der Waals surface area contributed by atoms with Crippen LogP contribution in [0.5, 0.6) is 23.0 Å². The lowest BCUT2D eigenvalue weighted by atomic mass is 9.96. The van der Waals surface area contributed by atoms with E-state index in [9.17, 15) is 0 Å². The maximum atomic E-state index is 6.23. The summed E-state index contributed by atoms with van der Waals surface area (Å²) >= 11 is 0. The van der Waals surface area contributed by atoms with Gasteiger partial charge in [0.2, 0.25) is 0 Å². The van der Waals surface area contributed by atoms with Gasteiger partial charge in [-0.2, -0.15) is 0 Å². The normalized spacial score (nSPS) is 10.9. The zero-order valence-corrected chi connectivity index (χ0v) is 32.5. The van der Waals surface area contributed by atoms with Crippen LogP contribution >= 0.6 is 0 Å². The van der Waals surface area contributed by atoms with Crippen LogP contribution in [0.15, 0.2) is 133 Å². The van der Waals surface area contributed by atoms with E-state index >= 15 is 0 Å². The summed E-state index contributed by atoms with van der Waals surface area (Å²) in [6, 6.07) is 46.9. The van der Waals surface area contributed by atoms with E-state index in [1.807, 2.05) is 52.0 Å². The molecule has 6 aromatic rings. The second-order valence-electron chi connectivity index (χ2n) is 12.7. The Morgan fingerprint density at radius 2 is 0.741 bits per heavy atom. The van der Waals surface area contributed by atoms with Crippen LogP contribution in [-0.4, -0.2) is 26.4 Å². The lowest BCUT2D eigenvalue weighted by Gasteiger charge is -2.30. The predicted molar refractivity (Wildman–Crippen MR) is 225 cm³/mol. The van der Waals surface area contributed by atoms with Crippen molar-refractivity contribution in [3.05, 3.63) is 145 Å². The van der Waals surface area contributed by atoms with E-state index in [2.05, 4.69) is 133 Å². The second kappa shape index (κ2) is 18.2. The Balaban J connectivity index is 1.45. The summed E-state index contributed by atoms with van der Waals surface area (Å²) in [5, 5.41) is 0. The fraction of sp³-hybridized carbons (Fsp3) is 0.250. The molecule has 54 heavy (non-hydrogen) atoms. The van der Waals surface area contributed by atoms with Crippen LogP contribution in [-0.2, 0) is 12.8 Å². The summed E-state index contributed by atoms with van der Waals surface area (Å²) in [5.74, 6) is 3.15. The van der Waals surface area contributed by atoms with Crippen LogP contribution in [0, 0.1) is 0 Å². The summed E-state index contributed by atoms with van der Waals surface area (Å²) in [6.45, 7) is 14.7. The maximum Gasteiger partial charge on any atom is 0.146 e. The first-order valence-corrected chi connectivity index (χ1v) is 19.3. The molecule has 0 heterocycles. The van der Waals surface area contributed by atoms with Crippen molar-refractivity contribution in [3.8, 4) is 34.1 Å². The molecule has 0 bridgehead atoms. The smallest absolute Gasteiger partial charge is 0.146 e. The third-order valence-electron chi connectivity index (χ3n) is 9.33. The first kappa shape index (κ1) is 37.9. The van der Waals surface area contributed by atoms with Crippen molar-refractivity contribution in [2.75, 3.05) is 36.2 Å². The Morgan fingerprint density at radius 1 is 0.370 bits per heavy atom. The number of para-hydroxylation sites is 2. The van der Waals surface area contributed by atoms with Crippen LogP contribution in [0.4, 0.5) is 34.1 Å². The number of rotatable bonds is 17. The van der Waals surface area contributed by atoms with E-state index in [-0.39, 0.29) is 0 Å². The molecule has 0 unspecified atom stereocenters. The van der Waals surface area contributed by atoms with E-state index < -0.39 is 0 Å². The van der Waals surface area contributed by atoms with Crippen molar-refractivity contribution in [3.63, 3.8) is 0 Å². The van der Waals surface area contributed by atoms with Crippen LogP contribution in [0.3, 0.4) is 0 Å². The zero-order chi connectivity index (χ0) is 37.9.